The molecule has 7 heteroatoms. The summed E-state index contributed by atoms with van der Waals surface area (Å²) in [6, 6.07) is 1.73. The summed E-state index contributed by atoms with van der Waals surface area (Å²) in [7, 11) is 1.79. The molecule has 2 fully saturated rings. The van der Waals surface area contributed by atoms with Gasteiger partial charge in [0.1, 0.15) is 0 Å². The van der Waals surface area contributed by atoms with Gasteiger partial charge in [-0.2, -0.15) is 5.10 Å². The number of carbonyl (C=O) groups excluding carboxylic acids is 2. The molecule has 0 radical (unpaired) electrons. The molecule has 0 spiro atoms. The second-order valence-corrected chi connectivity index (χ2v) is 5.39. The maximum atomic E-state index is 12.4. The van der Waals surface area contributed by atoms with Crippen molar-refractivity contribution in [1.82, 2.24) is 20.0 Å². The van der Waals surface area contributed by atoms with Crippen LogP contribution in [-0.4, -0.2) is 71.2 Å². The lowest BCUT2D eigenvalue weighted by Crippen LogP contribution is -2.45. The van der Waals surface area contributed by atoms with E-state index in [1.807, 2.05) is 0 Å². The van der Waals surface area contributed by atoms with E-state index in [-0.39, 0.29) is 30.2 Å². The van der Waals surface area contributed by atoms with Gasteiger partial charge in [-0.25, -0.2) is 0 Å². The van der Waals surface area contributed by atoms with Gasteiger partial charge in [-0.05, 0) is 6.07 Å². The Morgan fingerprint density at radius 3 is 3.10 bits per heavy atom. The highest BCUT2D eigenvalue weighted by Crippen LogP contribution is 2.20. The van der Waals surface area contributed by atoms with Crippen LogP contribution in [0.1, 0.15) is 5.69 Å². The van der Waals surface area contributed by atoms with Crippen molar-refractivity contribution < 1.29 is 14.3 Å². The van der Waals surface area contributed by atoms with Crippen LogP contribution in [0.2, 0.25) is 0 Å². The molecular weight excluding hydrogens is 260 g/mol. The van der Waals surface area contributed by atoms with Crippen LogP contribution < -0.4 is 0 Å². The highest BCUT2D eigenvalue weighted by atomic mass is 16.5. The summed E-state index contributed by atoms with van der Waals surface area (Å²) in [5.41, 5.74) is 0.792. The van der Waals surface area contributed by atoms with E-state index < -0.39 is 0 Å². The van der Waals surface area contributed by atoms with Crippen molar-refractivity contribution in [3.8, 4) is 0 Å². The van der Waals surface area contributed by atoms with E-state index in [1.54, 1.807) is 29.1 Å². The molecule has 0 unspecified atom stereocenters. The Labute approximate surface area is 116 Å². The van der Waals surface area contributed by atoms with Gasteiger partial charge >= 0.3 is 0 Å². The van der Waals surface area contributed by atoms with Gasteiger partial charge in [0.25, 0.3) is 0 Å². The molecule has 2 aliphatic rings. The third-order valence-electron chi connectivity index (χ3n) is 4.00. The third-order valence-corrected chi connectivity index (χ3v) is 4.00. The number of aromatic nitrogens is 2. The number of likely N-dealkylation sites (N-methyl/N-ethyl adjacent to an activating group) is 1. The zero-order valence-corrected chi connectivity index (χ0v) is 11.4. The molecule has 3 rings (SSSR count). The minimum absolute atomic E-state index is 0.0225. The number of aromatic amines is 1. The lowest BCUT2D eigenvalue weighted by molar-refractivity contribution is -0.134. The van der Waals surface area contributed by atoms with Crippen LogP contribution in [0.4, 0.5) is 0 Å². The van der Waals surface area contributed by atoms with E-state index in [0.717, 1.165) is 5.69 Å². The third kappa shape index (κ3) is 2.40. The molecule has 3 heterocycles. The first kappa shape index (κ1) is 13.1. The van der Waals surface area contributed by atoms with Gasteiger partial charge in [-0.15, -0.1) is 0 Å². The average Bonchev–Trinajstić information content (AvgIpc) is 2.82. The van der Waals surface area contributed by atoms with E-state index in [4.69, 9.17) is 4.74 Å². The quantitative estimate of drug-likeness (QED) is 0.773. The van der Waals surface area contributed by atoms with Crippen molar-refractivity contribution in [3.63, 3.8) is 0 Å². The second-order valence-electron chi connectivity index (χ2n) is 5.39. The number of hydrogen-bond donors (Lipinski definition) is 1. The average molecular weight is 278 g/mol. The topological polar surface area (TPSA) is 78.5 Å². The number of H-pyrrole nitrogens is 1. The molecule has 1 aromatic rings. The van der Waals surface area contributed by atoms with Crippen molar-refractivity contribution in [3.05, 3.63) is 18.0 Å². The summed E-state index contributed by atoms with van der Waals surface area (Å²) in [4.78, 5) is 28.1. The lowest BCUT2D eigenvalue weighted by atomic mass is 10.1. The maximum absolute atomic E-state index is 12.4. The summed E-state index contributed by atoms with van der Waals surface area (Å²) >= 11 is 0. The molecule has 0 saturated carbocycles. The molecule has 1 N–H and O–H groups in total. The summed E-state index contributed by atoms with van der Waals surface area (Å²) < 4.78 is 5.52. The van der Waals surface area contributed by atoms with Gasteiger partial charge in [0, 0.05) is 32.0 Å². The second kappa shape index (κ2) is 5.24. The fraction of sp³-hybridized carbons (Fsp3) is 0.615. The smallest absolute Gasteiger partial charge is 0.229 e. The Balaban J connectivity index is 1.74. The molecule has 2 atom stereocenters. The van der Waals surface area contributed by atoms with Gasteiger partial charge in [-0.3, -0.25) is 14.7 Å². The summed E-state index contributed by atoms with van der Waals surface area (Å²) in [5.74, 6) is -0.156. The van der Waals surface area contributed by atoms with Crippen molar-refractivity contribution >= 4 is 11.8 Å². The molecule has 2 bridgehead atoms. The van der Waals surface area contributed by atoms with E-state index in [9.17, 15) is 9.59 Å². The first-order valence-electron chi connectivity index (χ1n) is 6.75. The van der Waals surface area contributed by atoms with E-state index in [0.29, 0.717) is 26.3 Å². The summed E-state index contributed by atoms with van der Waals surface area (Å²) in [6.07, 6.45) is 1.92. The number of ether oxygens (including phenoxy) is 1. The number of nitrogens with zero attached hydrogens (tertiary/aromatic N) is 3. The molecule has 7 nitrogen and oxygen atoms in total. The fourth-order valence-corrected chi connectivity index (χ4v) is 2.76. The monoisotopic (exact) mass is 278 g/mol. The molecule has 2 saturated heterocycles. The van der Waals surface area contributed by atoms with Gasteiger partial charge in [0.2, 0.25) is 11.8 Å². The number of nitrogens with one attached hydrogen (secondary N) is 1. The minimum Gasteiger partial charge on any atom is -0.378 e. The van der Waals surface area contributed by atoms with Crippen molar-refractivity contribution in [2.45, 2.75) is 12.5 Å². The number of rotatable bonds is 2. The van der Waals surface area contributed by atoms with Crippen LogP contribution in [0.5, 0.6) is 0 Å². The molecule has 20 heavy (non-hydrogen) atoms. The van der Waals surface area contributed by atoms with Crippen molar-refractivity contribution in [2.24, 2.45) is 5.92 Å². The van der Waals surface area contributed by atoms with Crippen molar-refractivity contribution in [2.75, 3.05) is 33.4 Å². The zero-order chi connectivity index (χ0) is 14.1. The Morgan fingerprint density at radius 2 is 2.35 bits per heavy atom. The first-order valence-corrected chi connectivity index (χ1v) is 6.75. The highest BCUT2D eigenvalue weighted by molar-refractivity contribution is 5.83. The van der Waals surface area contributed by atoms with Gasteiger partial charge in [0.05, 0.1) is 31.6 Å². The molecule has 108 valence electrons. The Hall–Kier alpha value is -1.89. The SMILES string of the molecule is CN1C(=O)[C@H]2COC[C@@H]1CN(C(=O)Cc1ccn[nH]1)C2. The van der Waals surface area contributed by atoms with Crippen molar-refractivity contribution in [1.29, 1.82) is 0 Å². The normalized spacial score (nSPS) is 26.6. The van der Waals surface area contributed by atoms with Gasteiger partial charge < -0.3 is 14.5 Å². The molecule has 1 aromatic heterocycles. The largest absolute Gasteiger partial charge is 0.378 e. The molecule has 2 aliphatic heterocycles. The van der Waals surface area contributed by atoms with E-state index in [2.05, 4.69) is 10.2 Å². The maximum Gasteiger partial charge on any atom is 0.229 e. The molecule has 0 aliphatic carbocycles. The number of hydrogen-bond acceptors (Lipinski definition) is 4. The number of fused-ring (bicyclic) bond motifs is 3. The Bertz CT molecular complexity index is 502. The Kier molecular flexibility index (Phi) is 3.43. The van der Waals surface area contributed by atoms with E-state index >= 15 is 0 Å². The lowest BCUT2D eigenvalue weighted by Gasteiger charge is -2.29. The minimum atomic E-state index is -0.252. The van der Waals surface area contributed by atoms with Crippen LogP contribution in [0, 0.1) is 5.92 Å². The van der Waals surface area contributed by atoms with E-state index in [1.165, 1.54) is 0 Å². The molecule has 2 amide bonds. The van der Waals surface area contributed by atoms with Crippen LogP contribution in [0.15, 0.2) is 12.3 Å². The fourth-order valence-electron chi connectivity index (χ4n) is 2.76. The van der Waals surface area contributed by atoms with Gasteiger partial charge in [0.15, 0.2) is 0 Å². The number of amides is 2. The van der Waals surface area contributed by atoms with Crippen LogP contribution in [0.25, 0.3) is 0 Å². The van der Waals surface area contributed by atoms with Crippen LogP contribution in [-0.2, 0) is 20.7 Å². The summed E-state index contributed by atoms with van der Waals surface area (Å²) in [6.45, 7) is 1.86. The highest BCUT2D eigenvalue weighted by Gasteiger charge is 2.38. The van der Waals surface area contributed by atoms with Gasteiger partial charge in [-0.1, -0.05) is 0 Å². The molecular formula is C13H18N4O3. The standard InChI is InChI=1S/C13H18N4O3/c1-16-11-6-17(5-9(13(16)19)7-20-8-11)12(18)4-10-2-3-14-15-10/h2-3,9,11H,4-8H2,1H3,(H,14,15)/t9-,11+/m1/s1. The zero-order valence-electron chi connectivity index (χ0n) is 11.4. The Morgan fingerprint density at radius 1 is 1.50 bits per heavy atom. The van der Waals surface area contributed by atoms with Crippen LogP contribution in [0.3, 0.4) is 0 Å². The number of carbonyl (C=O) groups is 2. The first-order chi connectivity index (χ1) is 9.65. The summed E-state index contributed by atoms with van der Waals surface area (Å²) in [5, 5.41) is 6.63. The molecule has 0 aromatic carbocycles. The van der Waals surface area contributed by atoms with Crippen LogP contribution >= 0.6 is 0 Å². The predicted octanol–water partition coefficient (Wildman–Crippen LogP) is -0.732. The predicted molar refractivity (Wildman–Crippen MR) is 69.7 cm³/mol.